The van der Waals surface area contributed by atoms with E-state index in [1.807, 2.05) is 19.1 Å². The Kier molecular flexibility index (Phi) is 9.72. The van der Waals surface area contributed by atoms with Gasteiger partial charge < -0.3 is 4.74 Å². The van der Waals surface area contributed by atoms with Gasteiger partial charge in [-0.15, -0.1) is 0 Å². The van der Waals surface area contributed by atoms with E-state index in [1.54, 1.807) is 5.56 Å². The van der Waals surface area contributed by atoms with Crippen molar-refractivity contribution in [1.29, 1.82) is 0 Å². The third kappa shape index (κ3) is 7.24. The summed E-state index contributed by atoms with van der Waals surface area (Å²) in [6, 6.07) is 13.6. The van der Waals surface area contributed by atoms with Crippen LogP contribution in [0.15, 0.2) is 60.7 Å². The van der Waals surface area contributed by atoms with Crippen LogP contribution in [0.3, 0.4) is 0 Å². The van der Waals surface area contributed by atoms with Gasteiger partial charge in [0.15, 0.2) is 0 Å². The molecule has 0 spiro atoms. The van der Waals surface area contributed by atoms with Gasteiger partial charge in [0.2, 0.25) is 0 Å². The first kappa shape index (κ1) is 25.1. The van der Waals surface area contributed by atoms with E-state index in [0.717, 1.165) is 29.4 Å². The maximum atomic E-state index is 5.81. The lowest BCUT2D eigenvalue weighted by molar-refractivity contribution is 0.246. The summed E-state index contributed by atoms with van der Waals surface area (Å²) in [5, 5.41) is 2.63. The number of ether oxygens (including phenoxy) is 1. The number of hydrogen-bond donors (Lipinski definition) is 0. The van der Waals surface area contributed by atoms with E-state index in [1.165, 1.54) is 87.8 Å². The predicted octanol–water partition coefficient (Wildman–Crippen LogP) is 10.0. The van der Waals surface area contributed by atoms with E-state index in [0.29, 0.717) is 6.61 Å². The Morgan fingerprint density at radius 2 is 1.47 bits per heavy atom. The van der Waals surface area contributed by atoms with Gasteiger partial charge in [-0.25, -0.2) is 0 Å². The number of benzene rings is 2. The van der Waals surface area contributed by atoms with Crippen molar-refractivity contribution in [1.82, 2.24) is 0 Å². The molecule has 0 aliphatic heterocycles. The summed E-state index contributed by atoms with van der Waals surface area (Å²) in [7, 11) is 0. The van der Waals surface area contributed by atoms with E-state index >= 15 is 0 Å². The van der Waals surface area contributed by atoms with Crippen molar-refractivity contribution in [3.8, 4) is 5.75 Å². The molecule has 0 amide bonds. The Morgan fingerprint density at radius 3 is 2.18 bits per heavy atom. The summed E-state index contributed by atoms with van der Waals surface area (Å²) in [6.45, 7) is 4.94. The molecule has 2 aliphatic carbocycles. The van der Waals surface area contributed by atoms with Crippen LogP contribution in [0.5, 0.6) is 5.75 Å². The van der Waals surface area contributed by atoms with Crippen molar-refractivity contribution < 1.29 is 4.74 Å². The van der Waals surface area contributed by atoms with Crippen LogP contribution in [0, 0.1) is 17.8 Å². The van der Waals surface area contributed by atoms with Crippen LogP contribution >= 0.6 is 0 Å². The Hall–Kier alpha value is -2.02. The molecule has 0 bridgehead atoms. The minimum absolute atomic E-state index is 0.640. The summed E-state index contributed by atoms with van der Waals surface area (Å²) in [4.78, 5) is 0. The smallest absolute Gasteiger partial charge is 0.120 e. The monoisotopic (exact) mass is 458 g/mol. The van der Waals surface area contributed by atoms with Crippen molar-refractivity contribution in [2.24, 2.45) is 17.8 Å². The molecule has 0 aromatic heterocycles. The number of unbranched alkanes of at least 4 members (excludes halogenated alkanes) is 1. The SMILES string of the molecule is CC=CCOc1ccc2cc(C3CCC(CCC4CCC(/C=C/CCC)CC4)CC3)ccc2c1. The molecule has 1 nitrogen and oxygen atoms in total. The van der Waals surface area contributed by atoms with Gasteiger partial charge in [0, 0.05) is 0 Å². The fraction of sp³-hybridized carbons (Fsp3) is 0.576. The van der Waals surface area contributed by atoms with Gasteiger partial charge >= 0.3 is 0 Å². The van der Waals surface area contributed by atoms with Gasteiger partial charge in [-0.3, -0.25) is 0 Å². The van der Waals surface area contributed by atoms with E-state index < -0.39 is 0 Å². The summed E-state index contributed by atoms with van der Waals surface area (Å²) < 4.78 is 5.81. The van der Waals surface area contributed by atoms with E-state index in [9.17, 15) is 0 Å². The maximum Gasteiger partial charge on any atom is 0.120 e. The zero-order valence-electron chi connectivity index (χ0n) is 21.7. The second-order valence-corrected chi connectivity index (χ2v) is 10.9. The number of hydrogen-bond acceptors (Lipinski definition) is 1. The van der Waals surface area contributed by atoms with Crippen LogP contribution in [0.1, 0.15) is 102 Å². The lowest BCUT2D eigenvalue weighted by Gasteiger charge is -2.31. The van der Waals surface area contributed by atoms with Crippen molar-refractivity contribution in [2.45, 2.75) is 96.8 Å². The molecule has 2 saturated carbocycles. The van der Waals surface area contributed by atoms with Crippen LogP contribution in [-0.2, 0) is 0 Å². The fourth-order valence-corrected chi connectivity index (χ4v) is 6.21. The molecule has 0 N–H and O–H groups in total. The molecule has 2 aromatic rings. The maximum absolute atomic E-state index is 5.81. The highest BCUT2D eigenvalue weighted by atomic mass is 16.5. The quantitative estimate of drug-likeness (QED) is 0.322. The second kappa shape index (κ2) is 13.2. The minimum Gasteiger partial charge on any atom is -0.490 e. The van der Waals surface area contributed by atoms with Crippen LogP contribution < -0.4 is 4.74 Å². The highest BCUT2D eigenvalue weighted by Crippen LogP contribution is 2.40. The average Bonchev–Trinajstić information content (AvgIpc) is 2.88. The molecule has 0 unspecified atom stereocenters. The summed E-state index contributed by atoms with van der Waals surface area (Å²) >= 11 is 0. The van der Waals surface area contributed by atoms with Crippen LogP contribution in [-0.4, -0.2) is 6.61 Å². The van der Waals surface area contributed by atoms with Gasteiger partial charge in [0.1, 0.15) is 12.4 Å². The predicted molar refractivity (Wildman–Crippen MR) is 148 cm³/mol. The molecule has 0 radical (unpaired) electrons. The Bertz CT molecular complexity index is 923. The number of allylic oxidation sites excluding steroid dienone is 3. The Labute approximate surface area is 208 Å². The Morgan fingerprint density at radius 1 is 0.794 bits per heavy atom. The molecule has 2 aliphatic rings. The molecule has 34 heavy (non-hydrogen) atoms. The molecular formula is C33H46O. The van der Waals surface area contributed by atoms with E-state index in [2.05, 4.69) is 55.5 Å². The van der Waals surface area contributed by atoms with Crippen molar-refractivity contribution in [3.63, 3.8) is 0 Å². The first-order valence-corrected chi connectivity index (χ1v) is 14.2. The van der Waals surface area contributed by atoms with E-state index in [-0.39, 0.29) is 0 Å². The third-order valence-electron chi connectivity index (χ3n) is 8.47. The highest BCUT2D eigenvalue weighted by Gasteiger charge is 2.25. The molecule has 2 fully saturated rings. The van der Waals surface area contributed by atoms with Gasteiger partial charge in [0.05, 0.1) is 0 Å². The van der Waals surface area contributed by atoms with Gasteiger partial charge in [-0.05, 0) is 117 Å². The molecule has 0 saturated heterocycles. The lowest BCUT2D eigenvalue weighted by Crippen LogP contribution is -2.17. The standard InChI is InChI=1S/C33H46O/c1-3-5-7-8-26-9-11-27(12-10-26)13-14-28-15-17-29(18-16-28)30-19-20-32-25-33(34-23-6-4-2)22-21-31(32)24-30/h4,6-8,19-22,24-29H,3,5,9-18,23H2,1-2H3/b6-4?,8-7+. The van der Waals surface area contributed by atoms with Crippen molar-refractivity contribution >= 4 is 10.8 Å². The largest absolute Gasteiger partial charge is 0.490 e. The summed E-state index contributed by atoms with van der Waals surface area (Å²) in [5.41, 5.74) is 1.54. The molecular weight excluding hydrogens is 412 g/mol. The fourth-order valence-electron chi connectivity index (χ4n) is 6.21. The first-order valence-electron chi connectivity index (χ1n) is 14.2. The number of rotatable bonds is 10. The zero-order chi connectivity index (χ0) is 23.6. The van der Waals surface area contributed by atoms with E-state index in [4.69, 9.17) is 4.74 Å². The van der Waals surface area contributed by atoms with Crippen LogP contribution in [0.25, 0.3) is 10.8 Å². The molecule has 2 aromatic carbocycles. The van der Waals surface area contributed by atoms with Crippen molar-refractivity contribution in [3.05, 3.63) is 66.3 Å². The second-order valence-electron chi connectivity index (χ2n) is 10.9. The summed E-state index contributed by atoms with van der Waals surface area (Å²) in [6.07, 6.45) is 25.9. The minimum atomic E-state index is 0.640. The first-order chi connectivity index (χ1) is 16.7. The normalized spacial score (nSPS) is 25.9. The third-order valence-corrected chi connectivity index (χ3v) is 8.47. The molecule has 184 valence electrons. The topological polar surface area (TPSA) is 9.23 Å². The van der Waals surface area contributed by atoms with Crippen molar-refractivity contribution in [2.75, 3.05) is 6.61 Å². The number of fused-ring (bicyclic) bond motifs is 1. The van der Waals surface area contributed by atoms with Crippen LogP contribution in [0.2, 0.25) is 0 Å². The average molecular weight is 459 g/mol. The Balaban J connectivity index is 1.20. The summed E-state index contributed by atoms with van der Waals surface area (Å²) in [5.74, 6) is 4.55. The zero-order valence-corrected chi connectivity index (χ0v) is 21.7. The molecule has 0 atom stereocenters. The molecule has 0 heterocycles. The molecule has 1 heteroatoms. The van der Waals surface area contributed by atoms with Gasteiger partial charge in [-0.2, -0.15) is 0 Å². The van der Waals surface area contributed by atoms with Gasteiger partial charge in [0.25, 0.3) is 0 Å². The van der Waals surface area contributed by atoms with Crippen LogP contribution in [0.4, 0.5) is 0 Å². The highest BCUT2D eigenvalue weighted by molar-refractivity contribution is 5.84. The molecule has 4 rings (SSSR count). The lowest BCUT2D eigenvalue weighted by atomic mass is 9.74. The van der Waals surface area contributed by atoms with Gasteiger partial charge in [-0.1, -0.05) is 74.8 Å².